The monoisotopic (exact) mass is 330 g/mol. The molecular weight excluding hydrogens is 296 g/mol. The Kier molecular flexibility index (Phi) is 16.4. The van der Waals surface area contributed by atoms with E-state index in [0.29, 0.717) is 19.6 Å². The van der Waals surface area contributed by atoms with Crippen LogP contribution < -0.4 is 0 Å². The SMILES string of the molecule is CCCCCCCCCCOC(=O)CCCC(=O)OCCOC. The topological polar surface area (TPSA) is 61.8 Å². The number of hydrogen-bond acceptors (Lipinski definition) is 5. The van der Waals surface area contributed by atoms with Crippen LogP contribution in [0.2, 0.25) is 0 Å². The van der Waals surface area contributed by atoms with Crippen LogP contribution in [0.1, 0.15) is 77.6 Å². The Labute approximate surface area is 141 Å². The zero-order valence-corrected chi connectivity index (χ0v) is 14.9. The Balaban J connectivity index is 3.29. The molecule has 136 valence electrons. The van der Waals surface area contributed by atoms with Crippen LogP contribution in [-0.4, -0.2) is 38.9 Å². The van der Waals surface area contributed by atoms with Gasteiger partial charge < -0.3 is 14.2 Å². The fourth-order valence-corrected chi connectivity index (χ4v) is 2.18. The third kappa shape index (κ3) is 17.1. The van der Waals surface area contributed by atoms with Crippen molar-refractivity contribution < 1.29 is 23.8 Å². The first kappa shape index (κ1) is 21.9. The fraction of sp³-hybridized carbons (Fsp3) is 0.889. The Bertz CT molecular complexity index is 291. The fourth-order valence-electron chi connectivity index (χ4n) is 2.18. The van der Waals surface area contributed by atoms with Crippen LogP contribution in [-0.2, 0) is 23.8 Å². The lowest BCUT2D eigenvalue weighted by atomic mass is 10.1. The summed E-state index contributed by atoms with van der Waals surface area (Å²) in [6.45, 7) is 3.37. The maximum absolute atomic E-state index is 11.5. The first-order chi connectivity index (χ1) is 11.2. The minimum atomic E-state index is -0.294. The molecule has 5 heteroatoms. The Hall–Kier alpha value is -1.10. The van der Waals surface area contributed by atoms with Gasteiger partial charge in [0.1, 0.15) is 6.61 Å². The van der Waals surface area contributed by atoms with Crippen LogP contribution in [0.25, 0.3) is 0 Å². The molecule has 0 amide bonds. The molecule has 0 aliphatic heterocycles. The Morgan fingerprint density at radius 3 is 1.74 bits per heavy atom. The highest BCUT2D eigenvalue weighted by atomic mass is 16.6. The van der Waals surface area contributed by atoms with Crippen molar-refractivity contribution in [2.75, 3.05) is 26.9 Å². The molecular formula is C18H34O5. The largest absolute Gasteiger partial charge is 0.466 e. The molecule has 0 saturated carbocycles. The summed E-state index contributed by atoms with van der Waals surface area (Å²) in [4.78, 5) is 22.8. The molecule has 0 radical (unpaired) electrons. The van der Waals surface area contributed by atoms with E-state index in [1.807, 2.05) is 0 Å². The molecule has 0 saturated heterocycles. The van der Waals surface area contributed by atoms with Gasteiger partial charge in [0, 0.05) is 20.0 Å². The molecule has 5 nitrogen and oxygen atoms in total. The second kappa shape index (κ2) is 17.3. The van der Waals surface area contributed by atoms with Gasteiger partial charge in [-0.3, -0.25) is 9.59 Å². The number of hydrogen-bond donors (Lipinski definition) is 0. The average Bonchev–Trinajstić information content (AvgIpc) is 2.53. The maximum atomic E-state index is 11.5. The van der Waals surface area contributed by atoms with Crippen molar-refractivity contribution in [2.45, 2.75) is 77.6 Å². The smallest absolute Gasteiger partial charge is 0.305 e. The number of rotatable bonds is 16. The highest BCUT2D eigenvalue weighted by molar-refractivity contribution is 5.72. The van der Waals surface area contributed by atoms with E-state index in [4.69, 9.17) is 14.2 Å². The van der Waals surface area contributed by atoms with Crippen LogP contribution in [0.15, 0.2) is 0 Å². The van der Waals surface area contributed by atoms with E-state index in [1.54, 1.807) is 7.11 Å². The first-order valence-corrected chi connectivity index (χ1v) is 9.00. The van der Waals surface area contributed by atoms with E-state index in [9.17, 15) is 9.59 Å². The van der Waals surface area contributed by atoms with Crippen molar-refractivity contribution in [1.82, 2.24) is 0 Å². The van der Waals surface area contributed by atoms with Crippen molar-refractivity contribution in [3.8, 4) is 0 Å². The van der Waals surface area contributed by atoms with Gasteiger partial charge in [0.05, 0.1) is 13.2 Å². The summed E-state index contributed by atoms with van der Waals surface area (Å²) >= 11 is 0. The quantitative estimate of drug-likeness (QED) is 0.316. The number of methoxy groups -OCH3 is 1. The summed E-state index contributed by atoms with van der Waals surface area (Å²) in [6.07, 6.45) is 10.8. The third-order valence-corrected chi connectivity index (χ3v) is 3.57. The third-order valence-electron chi connectivity index (χ3n) is 3.57. The molecule has 0 aliphatic carbocycles. The van der Waals surface area contributed by atoms with E-state index < -0.39 is 0 Å². The minimum absolute atomic E-state index is 0.224. The molecule has 23 heavy (non-hydrogen) atoms. The molecule has 0 unspecified atom stereocenters. The van der Waals surface area contributed by atoms with Crippen LogP contribution >= 0.6 is 0 Å². The lowest BCUT2D eigenvalue weighted by Gasteiger charge is -2.06. The molecule has 0 atom stereocenters. The number of carbonyl (C=O) groups excluding carboxylic acids is 2. The van der Waals surface area contributed by atoms with Gasteiger partial charge in [-0.1, -0.05) is 51.9 Å². The van der Waals surface area contributed by atoms with Crippen molar-refractivity contribution >= 4 is 11.9 Å². The van der Waals surface area contributed by atoms with Crippen LogP contribution in [0, 0.1) is 0 Å². The van der Waals surface area contributed by atoms with Crippen LogP contribution in [0.3, 0.4) is 0 Å². The standard InChI is InChI=1S/C18H34O5/c1-3-4-5-6-7-8-9-10-14-22-17(19)12-11-13-18(20)23-16-15-21-2/h3-16H2,1-2H3. The van der Waals surface area contributed by atoms with Crippen molar-refractivity contribution in [3.63, 3.8) is 0 Å². The van der Waals surface area contributed by atoms with Gasteiger partial charge in [-0.05, 0) is 12.8 Å². The van der Waals surface area contributed by atoms with Crippen molar-refractivity contribution in [1.29, 1.82) is 0 Å². The van der Waals surface area contributed by atoms with E-state index in [1.165, 1.54) is 38.5 Å². The predicted octanol–water partition coefficient (Wildman–Crippen LogP) is 4.03. The molecule has 0 aromatic rings. The number of unbranched alkanes of at least 4 members (excludes halogenated alkanes) is 7. The molecule has 0 spiro atoms. The lowest BCUT2D eigenvalue weighted by Crippen LogP contribution is -2.11. The van der Waals surface area contributed by atoms with Crippen LogP contribution in [0.4, 0.5) is 0 Å². The van der Waals surface area contributed by atoms with Crippen molar-refractivity contribution in [2.24, 2.45) is 0 Å². The maximum Gasteiger partial charge on any atom is 0.305 e. The highest BCUT2D eigenvalue weighted by Crippen LogP contribution is 2.08. The molecule has 0 aliphatic rings. The molecule has 0 N–H and O–H groups in total. The first-order valence-electron chi connectivity index (χ1n) is 9.00. The van der Waals surface area contributed by atoms with E-state index >= 15 is 0 Å². The van der Waals surface area contributed by atoms with Gasteiger partial charge in [0.15, 0.2) is 0 Å². The van der Waals surface area contributed by atoms with Gasteiger partial charge in [-0.15, -0.1) is 0 Å². The summed E-state index contributed by atoms with van der Waals surface area (Å²) < 4.78 is 14.8. The van der Waals surface area contributed by atoms with Crippen molar-refractivity contribution in [3.05, 3.63) is 0 Å². The van der Waals surface area contributed by atoms with Gasteiger partial charge in [-0.25, -0.2) is 0 Å². The van der Waals surface area contributed by atoms with Gasteiger partial charge in [0.25, 0.3) is 0 Å². The average molecular weight is 330 g/mol. The number of ether oxygens (including phenoxy) is 3. The molecule has 0 bridgehead atoms. The molecule has 0 rings (SSSR count). The van der Waals surface area contributed by atoms with Crippen LogP contribution in [0.5, 0.6) is 0 Å². The normalized spacial score (nSPS) is 10.5. The molecule has 0 aromatic heterocycles. The molecule has 0 aromatic carbocycles. The zero-order valence-electron chi connectivity index (χ0n) is 14.9. The summed E-state index contributed by atoms with van der Waals surface area (Å²) in [5, 5.41) is 0. The van der Waals surface area contributed by atoms with Gasteiger partial charge in [-0.2, -0.15) is 0 Å². The summed E-state index contributed by atoms with van der Waals surface area (Å²) in [7, 11) is 1.55. The zero-order chi connectivity index (χ0) is 17.2. The molecule has 0 fully saturated rings. The second-order valence-corrected chi connectivity index (χ2v) is 5.76. The van der Waals surface area contributed by atoms with Gasteiger partial charge >= 0.3 is 11.9 Å². The summed E-state index contributed by atoms with van der Waals surface area (Å²) in [5.74, 6) is -0.518. The number of esters is 2. The highest BCUT2D eigenvalue weighted by Gasteiger charge is 2.07. The molecule has 0 heterocycles. The van der Waals surface area contributed by atoms with E-state index in [0.717, 1.165) is 12.8 Å². The minimum Gasteiger partial charge on any atom is -0.466 e. The van der Waals surface area contributed by atoms with E-state index in [-0.39, 0.29) is 31.4 Å². The van der Waals surface area contributed by atoms with Gasteiger partial charge in [0.2, 0.25) is 0 Å². The van der Waals surface area contributed by atoms with E-state index in [2.05, 4.69) is 6.92 Å². The second-order valence-electron chi connectivity index (χ2n) is 5.76. The Morgan fingerprint density at radius 2 is 1.17 bits per heavy atom. The summed E-state index contributed by atoms with van der Waals surface area (Å²) in [5.41, 5.74) is 0. The lowest BCUT2D eigenvalue weighted by molar-refractivity contribution is -0.146. The number of carbonyl (C=O) groups is 2. The predicted molar refractivity (Wildman–Crippen MR) is 90.3 cm³/mol. The summed E-state index contributed by atoms with van der Waals surface area (Å²) in [6, 6.07) is 0. The Morgan fingerprint density at radius 1 is 0.652 bits per heavy atom.